The molecule has 0 unspecified atom stereocenters. The van der Waals surface area contributed by atoms with E-state index in [4.69, 9.17) is 4.74 Å². The lowest BCUT2D eigenvalue weighted by Crippen LogP contribution is -2.11. The lowest BCUT2D eigenvalue weighted by atomic mass is 10.2. The number of rotatable bonds is 8. The van der Waals surface area contributed by atoms with E-state index < -0.39 is 0 Å². The molecule has 0 aliphatic rings. The summed E-state index contributed by atoms with van der Waals surface area (Å²) in [6, 6.07) is 28.9. The first-order chi connectivity index (χ1) is 17.6. The maximum Gasteiger partial charge on any atom is 0.257 e. The van der Waals surface area contributed by atoms with Gasteiger partial charge in [-0.05, 0) is 61.9 Å². The Bertz CT molecular complexity index is 1480. The van der Waals surface area contributed by atoms with Crippen molar-refractivity contribution in [3.63, 3.8) is 0 Å². The summed E-state index contributed by atoms with van der Waals surface area (Å²) in [5, 5.41) is 12.0. The third kappa shape index (κ3) is 5.71. The lowest BCUT2D eigenvalue weighted by Gasteiger charge is -2.09. The molecule has 5 aromatic rings. The van der Waals surface area contributed by atoms with E-state index in [1.54, 1.807) is 10.9 Å². The summed E-state index contributed by atoms with van der Waals surface area (Å²) < 4.78 is 7.57. The second kappa shape index (κ2) is 10.5. The molecule has 36 heavy (non-hydrogen) atoms. The van der Waals surface area contributed by atoms with Gasteiger partial charge in [0, 0.05) is 11.4 Å². The van der Waals surface area contributed by atoms with Crippen LogP contribution < -0.4 is 15.5 Å². The van der Waals surface area contributed by atoms with Crippen molar-refractivity contribution < 1.29 is 4.74 Å². The van der Waals surface area contributed by atoms with E-state index in [1.807, 2.05) is 105 Å². The smallest absolute Gasteiger partial charge is 0.257 e. The molecule has 0 spiro atoms. The van der Waals surface area contributed by atoms with E-state index in [1.165, 1.54) is 0 Å². The number of anilines is 3. The van der Waals surface area contributed by atoms with Gasteiger partial charge in [-0.15, -0.1) is 0 Å². The number of hydrogen-bond donors (Lipinski definition) is 2. The fraction of sp³-hybridized carbons (Fsp3) is 0.0741. The number of hydrogen-bond acceptors (Lipinski definition) is 8. The molecule has 3 aromatic carbocycles. The molecule has 2 aromatic heterocycles. The third-order valence-electron chi connectivity index (χ3n) is 5.07. The van der Waals surface area contributed by atoms with E-state index in [-0.39, 0.29) is 5.95 Å². The minimum Gasteiger partial charge on any atom is -0.457 e. The fourth-order valence-electron chi connectivity index (χ4n) is 3.49. The van der Waals surface area contributed by atoms with Crippen LogP contribution in [-0.4, -0.2) is 30.9 Å². The number of benzene rings is 3. The Morgan fingerprint density at radius 2 is 1.50 bits per heavy atom. The predicted octanol–water partition coefficient (Wildman–Crippen LogP) is 5.66. The zero-order chi connectivity index (χ0) is 24.7. The molecule has 0 amide bonds. The van der Waals surface area contributed by atoms with E-state index in [0.29, 0.717) is 17.6 Å². The van der Waals surface area contributed by atoms with Gasteiger partial charge in [-0.1, -0.05) is 48.5 Å². The molecule has 0 saturated carbocycles. The van der Waals surface area contributed by atoms with Crippen molar-refractivity contribution in [2.45, 2.75) is 13.8 Å². The van der Waals surface area contributed by atoms with Crippen molar-refractivity contribution in [3.05, 3.63) is 108 Å². The minimum atomic E-state index is 0.277. The predicted molar refractivity (Wildman–Crippen MR) is 140 cm³/mol. The molecule has 0 fully saturated rings. The summed E-state index contributed by atoms with van der Waals surface area (Å²) in [5.41, 5.74) is 6.40. The molecule has 9 nitrogen and oxygen atoms in total. The minimum absolute atomic E-state index is 0.277. The SMILES string of the molecule is Cc1cc(C)n(-c2nc(N/N=C\c3cccc(Oc4ccccc4)c3)nc(Nc3ccccc3)n2)n1. The summed E-state index contributed by atoms with van der Waals surface area (Å²) in [6.45, 7) is 3.87. The van der Waals surface area contributed by atoms with Crippen LogP contribution in [0.1, 0.15) is 17.0 Å². The molecule has 0 aliphatic heterocycles. The van der Waals surface area contributed by atoms with Crippen LogP contribution in [0.2, 0.25) is 0 Å². The van der Waals surface area contributed by atoms with Crippen molar-refractivity contribution >= 4 is 23.8 Å². The van der Waals surface area contributed by atoms with E-state index in [0.717, 1.165) is 28.4 Å². The number of ether oxygens (including phenoxy) is 1. The number of aromatic nitrogens is 5. The highest BCUT2D eigenvalue weighted by atomic mass is 16.5. The van der Waals surface area contributed by atoms with Gasteiger partial charge in [-0.3, -0.25) is 0 Å². The average Bonchev–Trinajstić information content (AvgIpc) is 3.23. The summed E-state index contributed by atoms with van der Waals surface area (Å²) in [5.74, 6) is 2.51. The summed E-state index contributed by atoms with van der Waals surface area (Å²) in [4.78, 5) is 13.5. The van der Waals surface area contributed by atoms with Gasteiger partial charge in [-0.2, -0.15) is 25.2 Å². The molecule has 5 rings (SSSR count). The molecule has 0 aliphatic carbocycles. The van der Waals surface area contributed by atoms with Crippen LogP contribution in [0.3, 0.4) is 0 Å². The van der Waals surface area contributed by atoms with Crippen LogP contribution in [-0.2, 0) is 0 Å². The van der Waals surface area contributed by atoms with Crippen LogP contribution in [0.15, 0.2) is 96.1 Å². The van der Waals surface area contributed by atoms with Crippen molar-refractivity contribution in [3.8, 4) is 17.4 Å². The van der Waals surface area contributed by atoms with Crippen LogP contribution in [0.25, 0.3) is 5.95 Å². The largest absolute Gasteiger partial charge is 0.457 e. The quantitative estimate of drug-likeness (QED) is 0.220. The first-order valence-electron chi connectivity index (χ1n) is 11.4. The van der Waals surface area contributed by atoms with Gasteiger partial charge in [0.1, 0.15) is 11.5 Å². The fourth-order valence-corrected chi connectivity index (χ4v) is 3.49. The first kappa shape index (κ1) is 22.7. The highest BCUT2D eigenvalue weighted by Crippen LogP contribution is 2.21. The highest BCUT2D eigenvalue weighted by molar-refractivity contribution is 5.80. The second-order valence-electron chi connectivity index (χ2n) is 7.97. The molecule has 0 saturated heterocycles. The molecule has 0 bridgehead atoms. The average molecular weight is 477 g/mol. The van der Waals surface area contributed by atoms with Gasteiger partial charge in [0.15, 0.2) is 0 Å². The zero-order valence-electron chi connectivity index (χ0n) is 19.8. The zero-order valence-corrected chi connectivity index (χ0v) is 19.8. The number of nitrogens with one attached hydrogen (secondary N) is 2. The Labute approximate surface area is 208 Å². The molecule has 0 radical (unpaired) electrons. The molecule has 178 valence electrons. The summed E-state index contributed by atoms with van der Waals surface area (Å²) >= 11 is 0. The van der Waals surface area contributed by atoms with Crippen molar-refractivity contribution in [1.82, 2.24) is 24.7 Å². The monoisotopic (exact) mass is 476 g/mol. The molecule has 9 heteroatoms. The van der Waals surface area contributed by atoms with Crippen molar-refractivity contribution in [1.29, 1.82) is 0 Å². The number of hydrazone groups is 1. The topological polar surface area (TPSA) is 102 Å². The van der Waals surface area contributed by atoms with Gasteiger partial charge < -0.3 is 10.1 Å². The molecular weight excluding hydrogens is 452 g/mol. The highest BCUT2D eigenvalue weighted by Gasteiger charge is 2.12. The first-order valence-corrected chi connectivity index (χ1v) is 11.4. The van der Waals surface area contributed by atoms with Crippen molar-refractivity contribution in [2.75, 3.05) is 10.7 Å². The normalized spacial score (nSPS) is 10.9. The lowest BCUT2D eigenvalue weighted by molar-refractivity contribution is 0.482. The molecular formula is C27H24N8O. The van der Waals surface area contributed by atoms with Crippen LogP contribution in [0.5, 0.6) is 11.5 Å². The van der Waals surface area contributed by atoms with E-state index in [2.05, 4.69) is 35.9 Å². The second-order valence-corrected chi connectivity index (χ2v) is 7.97. The van der Waals surface area contributed by atoms with E-state index >= 15 is 0 Å². The van der Waals surface area contributed by atoms with Gasteiger partial charge in [0.25, 0.3) is 5.95 Å². The maximum atomic E-state index is 5.90. The number of aryl methyl sites for hydroxylation is 2. The van der Waals surface area contributed by atoms with Crippen LogP contribution in [0, 0.1) is 13.8 Å². The van der Waals surface area contributed by atoms with Gasteiger partial charge >= 0.3 is 0 Å². The Balaban J connectivity index is 1.37. The van der Waals surface area contributed by atoms with Crippen LogP contribution >= 0.6 is 0 Å². The number of para-hydroxylation sites is 2. The van der Waals surface area contributed by atoms with Gasteiger partial charge in [0.05, 0.1) is 11.9 Å². The van der Waals surface area contributed by atoms with Gasteiger partial charge in [0.2, 0.25) is 11.9 Å². The van der Waals surface area contributed by atoms with Gasteiger partial charge in [-0.25, -0.2) is 10.1 Å². The Kier molecular flexibility index (Phi) is 6.61. The molecule has 0 atom stereocenters. The van der Waals surface area contributed by atoms with Crippen LogP contribution in [0.4, 0.5) is 17.6 Å². The van der Waals surface area contributed by atoms with Crippen molar-refractivity contribution in [2.24, 2.45) is 5.10 Å². The Morgan fingerprint density at radius 3 is 2.25 bits per heavy atom. The number of nitrogens with zero attached hydrogens (tertiary/aromatic N) is 6. The Hall–Kier alpha value is -5.05. The summed E-state index contributed by atoms with van der Waals surface area (Å²) in [6.07, 6.45) is 1.68. The molecule has 2 heterocycles. The standard InChI is InChI=1S/C27H24N8O/c1-19-16-20(2)35(34-19)27-31-25(29-22-11-5-3-6-12-22)30-26(32-27)33-28-18-21-10-9-15-24(17-21)36-23-13-7-4-8-14-23/h3-18H,1-2H3,(H2,29,30,31,32,33)/b28-18-. The van der Waals surface area contributed by atoms with E-state index in [9.17, 15) is 0 Å². The third-order valence-corrected chi connectivity index (χ3v) is 5.07. The summed E-state index contributed by atoms with van der Waals surface area (Å²) in [7, 11) is 0. The molecule has 2 N–H and O–H groups in total. The Morgan fingerprint density at radius 1 is 0.778 bits per heavy atom. The maximum absolute atomic E-state index is 5.90.